The number of carbonyl (C=O) groups is 1. The quantitative estimate of drug-likeness (QED) is 0.631. The van der Waals surface area contributed by atoms with Crippen molar-refractivity contribution in [2.75, 3.05) is 25.5 Å². The van der Waals surface area contributed by atoms with Crippen LogP contribution in [0, 0.1) is 5.92 Å². The van der Waals surface area contributed by atoms with Crippen molar-refractivity contribution in [2.45, 2.75) is 13.3 Å². The number of H-pyrrole nitrogens is 1. The number of fused-ring (bicyclic) bond motifs is 1. The average molecular weight is 439 g/mol. The number of carbonyl (C=O) groups excluding carboxylic acids is 1. The van der Waals surface area contributed by atoms with Crippen molar-refractivity contribution in [3.05, 3.63) is 64.3 Å². The molecule has 144 valence electrons. The van der Waals surface area contributed by atoms with Gasteiger partial charge in [0.25, 0.3) is 0 Å². The van der Waals surface area contributed by atoms with Crippen molar-refractivity contribution in [1.29, 1.82) is 0 Å². The maximum atomic E-state index is 12.8. The van der Waals surface area contributed by atoms with Crippen molar-refractivity contribution in [3.8, 4) is 0 Å². The van der Waals surface area contributed by atoms with Crippen LogP contribution in [0.3, 0.4) is 0 Å². The SMILES string of the molecule is CNc1cc(C2=CCN(C(=O)Cc3cccc(Br)c3)CC2C)c2cc[nH]c2n1. The van der Waals surface area contributed by atoms with Gasteiger partial charge in [0.15, 0.2) is 0 Å². The highest BCUT2D eigenvalue weighted by Gasteiger charge is 2.25. The van der Waals surface area contributed by atoms with Crippen LogP contribution in [-0.2, 0) is 11.2 Å². The molecule has 0 spiro atoms. The summed E-state index contributed by atoms with van der Waals surface area (Å²) in [7, 11) is 1.88. The summed E-state index contributed by atoms with van der Waals surface area (Å²) in [5, 5.41) is 4.25. The molecule has 4 rings (SSSR count). The molecule has 0 aliphatic carbocycles. The fourth-order valence-electron chi connectivity index (χ4n) is 3.83. The van der Waals surface area contributed by atoms with E-state index < -0.39 is 0 Å². The van der Waals surface area contributed by atoms with E-state index in [1.165, 1.54) is 11.1 Å². The predicted octanol–water partition coefficient (Wildman–Crippen LogP) is 4.47. The summed E-state index contributed by atoms with van der Waals surface area (Å²) >= 11 is 3.47. The molecule has 0 fully saturated rings. The second kappa shape index (κ2) is 7.80. The van der Waals surface area contributed by atoms with Crippen LogP contribution >= 0.6 is 15.9 Å². The third-order valence-corrected chi connectivity index (χ3v) is 5.74. The Morgan fingerprint density at radius 2 is 2.21 bits per heavy atom. The molecule has 2 aromatic heterocycles. The first kappa shape index (κ1) is 18.7. The largest absolute Gasteiger partial charge is 0.373 e. The van der Waals surface area contributed by atoms with Crippen LogP contribution in [0.2, 0.25) is 0 Å². The number of nitrogens with zero attached hydrogens (tertiary/aromatic N) is 2. The molecule has 1 unspecified atom stereocenters. The summed E-state index contributed by atoms with van der Waals surface area (Å²) in [5.41, 5.74) is 4.36. The van der Waals surface area contributed by atoms with E-state index >= 15 is 0 Å². The fraction of sp³-hybridized carbons (Fsp3) is 0.273. The highest BCUT2D eigenvalue weighted by molar-refractivity contribution is 9.10. The van der Waals surface area contributed by atoms with Crippen LogP contribution < -0.4 is 5.32 Å². The Balaban J connectivity index is 1.57. The number of hydrogen-bond donors (Lipinski definition) is 2. The summed E-state index contributed by atoms with van der Waals surface area (Å²) in [6, 6.07) is 12.1. The van der Waals surface area contributed by atoms with Gasteiger partial charge < -0.3 is 15.2 Å². The van der Waals surface area contributed by atoms with E-state index in [1.54, 1.807) is 0 Å². The topological polar surface area (TPSA) is 61.0 Å². The van der Waals surface area contributed by atoms with Crippen molar-refractivity contribution in [2.24, 2.45) is 5.92 Å². The van der Waals surface area contributed by atoms with Crippen LogP contribution in [0.5, 0.6) is 0 Å². The van der Waals surface area contributed by atoms with Gasteiger partial charge >= 0.3 is 0 Å². The molecule has 5 nitrogen and oxygen atoms in total. The highest BCUT2D eigenvalue weighted by atomic mass is 79.9. The summed E-state index contributed by atoms with van der Waals surface area (Å²) < 4.78 is 1.00. The summed E-state index contributed by atoms with van der Waals surface area (Å²) in [5.74, 6) is 1.26. The number of amides is 1. The average Bonchev–Trinajstić information content (AvgIpc) is 3.16. The number of pyridine rings is 1. The minimum absolute atomic E-state index is 0.165. The molecule has 3 heterocycles. The van der Waals surface area contributed by atoms with E-state index in [-0.39, 0.29) is 11.8 Å². The Morgan fingerprint density at radius 1 is 1.36 bits per heavy atom. The van der Waals surface area contributed by atoms with Crippen LogP contribution in [0.4, 0.5) is 5.82 Å². The van der Waals surface area contributed by atoms with Gasteiger partial charge in [0.2, 0.25) is 5.91 Å². The zero-order valence-electron chi connectivity index (χ0n) is 16.0. The molecule has 1 atom stereocenters. The van der Waals surface area contributed by atoms with Crippen molar-refractivity contribution < 1.29 is 4.79 Å². The third kappa shape index (κ3) is 3.69. The summed E-state index contributed by atoms with van der Waals surface area (Å²) in [4.78, 5) is 22.5. The van der Waals surface area contributed by atoms with Gasteiger partial charge in [0.05, 0.1) is 6.42 Å². The molecule has 1 aromatic carbocycles. The first-order valence-corrected chi connectivity index (χ1v) is 10.2. The molecule has 1 amide bonds. The van der Waals surface area contributed by atoms with E-state index in [9.17, 15) is 4.79 Å². The van der Waals surface area contributed by atoms with Crippen molar-refractivity contribution in [3.63, 3.8) is 0 Å². The van der Waals surface area contributed by atoms with Crippen molar-refractivity contribution >= 4 is 44.3 Å². The molecular formula is C22H23BrN4O. The van der Waals surface area contributed by atoms with Crippen LogP contribution in [0.25, 0.3) is 16.6 Å². The first-order valence-electron chi connectivity index (χ1n) is 9.43. The summed E-state index contributed by atoms with van der Waals surface area (Å²) in [6.45, 7) is 3.54. The van der Waals surface area contributed by atoms with Gasteiger partial charge in [-0.05, 0) is 46.9 Å². The second-order valence-corrected chi connectivity index (χ2v) is 8.13. The molecule has 1 aliphatic heterocycles. The number of anilines is 1. The van der Waals surface area contributed by atoms with Gasteiger partial charge in [-0.15, -0.1) is 0 Å². The van der Waals surface area contributed by atoms with Crippen molar-refractivity contribution in [1.82, 2.24) is 14.9 Å². The lowest BCUT2D eigenvalue weighted by Crippen LogP contribution is -2.39. The normalized spacial score (nSPS) is 16.9. The summed E-state index contributed by atoms with van der Waals surface area (Å²) in [6.07, 6.45) is 4.53. The minimum atomic E-state index is 0.165. The molecule has 3 aromatic rings. The monoisotopic (exact) mass is 438 g/mol. The number of hydrogen-bond acceptors (Lipinski definition) is 3. The van der Waals surface area contributed by atoms with E-state index in [1.807, 2.05) is 42.4 Å². The van der Waals surface area contributed by atoms with E-state index in [2.05, 4.69) is 56.3 Å². The number of nitrogens with one attached hydrogen (secondary N) is 2. The highest BCUT2D eigenvalue weighted by Crippen LogP contribution is 2.33. The third-order valence-electron chi connectivity index (χ3n) is 5.25. The fourth-order valence-corrected chi connectivity index (χ4v) is 4.28. The number of halogens is 1. The standard InChI is InChI=1S/C22H23BrN4O/c1-14-13-27(21(28)11-15-4-3-5-16(23)10-15)9-7-17(14)19-12-20(24-2)26-22-18(19)6-8-25-22/h3-8,10,12,14H,9,11,13H2,1-2H3,(H2,24,25,26). The van der Waals surface area contributed by atoms with Gasteiger partial charge in [-0.2, -0.15) is 0 Å². The van der Waals surface area contributed by atoms with Gasteiger partial charge in [0, 0.05) is 36.2 Å². The van der Waals surface area contributed by atoms with Gasteiger partial charge in [-0.25, -0.2) is 4.98 Å². The Bertz CT molecular complexity index is 1060. The lowest BCUT2D eigenvalue weighted by Gasteiger charge is -2.32. The maximum Gasteiger partial charge on any atom is 0.227 e. The Labute approximate surface area is 173 Å². The molecule has 0 bridgehead atoms. The zero-order chi connectivity index (χ0) is 19.7. The molecule has 0 saturated heterocycles. The van der Waals surface area contributed by atoms with Gasteiger partial charge in [0.1, 0.15) is 11.5 Å². The van der Waals surface area contributed by atoms with Gasteiger partial charge in [-0.1, -0.05) is 41.1 Å². The molecular weight excluding hydrogens is 416 g/mol. The number of aromatic amines is 1. The Kier molecular flexibility index (Phi) is 5.22. The first-order chi connectivity index (χ1) is 13.5. The minimum Gasteiger partial charge on any atom is -0.373 e. The predicted molar refractivity (Wildman–Crippen MR) is 117 cm³/mol. The number of aromatic nitrogens is 2. The molecule has 6 heteroatoms. The molecule has 28 heavy (non-hydrogen) atoms. The van der Waals surface area contributed by atoms with E-state index in [0.717, 1.165) is 33.4 Å². The molecule has 0 radical (unpaired) electrons. The second-order valence-electron chi connectivity index (χ2n) is 7.21. The smallest absolute Gasteiger partial charge is 0.227 e. The van der Waals surface area contributed by atoms with E-state index in [4.69, 9.17) is 0 Å². The molecule has 0 saturated carbocycles. The lowest BCUT2D eigenvalue weighted by atomic mass is 9.89. The molecule has 1 aliphatic rings. The maximum absolute atomic E-state index is 12.8. The number of benzene rings is 1. The zero-order valence-corrected chi connectivity index (χ0v) is 17.6. The lowest BCUT2D eigenvalue weighted by molar-refractivity contribution is -0.130. The van der Waals surface area contributed by atoms with Crippen LogP contribution in [0.1, 0.15) is 18.1 Å². The van der Waals surface area contributed by atoms with Gasteiger partial charge in [-0.3, -0.25) is 4.79 Å². The Morgan fingerprint density at radius 3 is 2.96 bits per heavy atom. The van der Waals surface area contributed by atoms with E-state index in [0.29, 0.717) is 13.0 Å². The number of rotatable bonds is 4. The van der Waals surface area contributed by atoms with Crippen LogP contribution in [0.15, 0.2) is 53.1 Å². The Hall–Kier alpha value is -2.60. The molecule has 2 N–H and O–H groups in total. The van der Waals surface area contributed by atoms with Crippen LogP contribution in [-0.4, -0.2) is 40.9 Å².